The molecule has 0 bridgehead atoms. The zero-order chi connectivity index (χ0) is 25.3. The SMILES string of the molecule is CCCN(C)CCNS(=O)(=O)C(F)(F)C(F)(F)C(F)(F)S(=O)(=O)NS(=O)(=O)C(F)(F)F. The van der Waals surface area contributed by atoms with Crippen LogP contribution in [0.2, 0.25) is 0 Å². The van der Waals surface area contributed by atoms with Gasteiger partial charge in [0.1, 0.15) is 0 Å². The summed E-state index contributed by atoms with van der Waals surface area (Å²) in [6, 6.07) is 0. The van der Waals surface area contributed by atoms with Crippen molar-refractivity contribution in [1.29, 1.82) is 0 Å². The van der Waals surface area contributed by atoms with Gasteiger partial charge in [-0.15, -0.1) is 0 Å². The fraction of sp³-hybridized carbons (Fsp3) is 1.00. The molecule has 2 N–H and O–H groups in total. The fourth-order valence-corrected chi connectivity index (χ4v) is 5.20. The largest absolute Gasteiger partial charge is 0.512 e. The van der Waals surface area contributed by atoms with Crippen LogP contribution in [0.4, 0.5) is 39.5 Å². The van der Waals surface area contributed by atoms with Gasteiger partial charge in [-0.2, -0.15) is 39.5 Å². The van der Waals surface area contributed by atoms with Crippen LogP contribution in [0.25, 0.3) is 0 Å². The third kappa shape index (κ3) is 5.92. The van der Waals surface area contributed by atoms with Gasteiger partial charge in [0.15, 0.2) is 0 Å². The molecule has 0 amide bonds. The molecule has 0 aromatic carbocycles. The fourth-order valence-electron chi connectivity index (χ4n) is 1.71. The van der Waals surface area contributed by atoms with Crippen molar-refractivity contribution >= 4 is 30.1 Å². The van der Waals surface area contributed by atoms with Gasteiger partial charge >= 0.3 is 32.0 Å². The molecule has 0 saturated carbocycles. The van der Waals surface area contributed by atoms with Crippen LogP contribution >= 0.6 is 0 Å². The summed E-state index contributed by atoms with van der Waals surface area (Å²) in [5.74, 6) is -7.42. The van der Waals surface area contributed by atoms with E-state index in [1.807, 2.05) is 0 Å². The first kappa shape index (κ1) is 30.1. The lowest BCUT2D eigenvalue weighted by Gasteiger charge is -2.31. The highest BCUT2D eigenvalue weighted by molar-refractivity contribution is 8.05. The van der Waals surface area contributed by atoms with Gasteiger partial charge in [-0.05, 0) is 20.0 Å². The number of hydrogen-bond donors (Lipinski definition) is 2. The van der Waals surface area contributed by atoms with Crippen molar-refractivity contribution in [1.82, 2.24) is 13.7 Å². The van der Waals surface area contributed by atoms with Crippen molar-refractivity contribution in [3.8, 4) is 0 Å². The predicted molar refractivity (Wildman–Crippen MR) is 86.6 cm³/mol. The normalized spacial score (nSPS) is 15.5. The first-order valence-electron chi connectivity index (χ1n) is 7.57. The molecule has 188 valence electrons. The molecule has 0 aliphatic rings. The van der Waals surface area contributed by atoms with Crippen LogP contribution in [-0.4, -0.2) is 78.8 Å². The Hall–Kier alpha value is -0.900. The van der Waals surface area contributed by atoms with E-state index in [0.717, 1.165) is 4.72 Å². The van der Waals surface area contributed by atoms with E-state index in [4.69, 9.17) is 0 Å². The quantitative estimate of drug-likeness (QED) is 0.350. The van der Waals surface area contributed by atoms with E-state index >= 15 is 0 Å². The number of halogens is 9. The minimum atomic E-state index is -7.76. The Bertz CT molecular complexity index is 948. The summed E-state index contributed by atoms with van der Waals surface area (Å²) in [6.45, 7) is 0.535. The number of alkyl halides is 9. The molecule has 9 nitrogen and oxygen atoms in total. The third-order valence-electron chi connectivity index (χ3n) is 3.32. The predicted octanol–water partition coefficient (Wildman–Crippen LogP) is 0.837. The highest BCUT2D eigenvalue weighted by Crippen LogP contribution is 2.50. The molecule has 0 aromatic heterocycles. The molecular formula is C10H16F9N3O6S3. The second kappa shape index (κ2) is 9.15. The molecule has 0 saturated heterocycles. The van der Waals surface area contributed by atoms with Gasteiger partial charge in [0.05, 0.1) is 0 Å². The summed E-state index contributed by atoms with van der Waals surface area (Å²) in [5, 5.41) is -14.3. The topological polar surface area (TPSA) is 130 Å². The van der Waals surface area contributed by atoms with Crippen molar-refractivity contribution in [3.63, 3.8) is 0 Å². The van der Waals surface area contributed by atoms with Crippen LogP contribution in [0.1, 0.15) is 13.3 Å². The van der Waals surface area contributed by atoms with Crippen molar-refractivity contribution in [2.75, 3.05) is 26.7 Å². The van der Waals surface area contributed by atoms with Gasteiger partial charge in [-0.25, -0.2) is 30.0 Å². The van der Waals surface area contributed by atoms with Crippen LogP contribution in [-0.2, 0) is 30.1 Å². The summed E-state index contributed by atoms with van der Waals surface area (Å²) in [4.78, 5) is 1.31. The van der Waals surface area contributed by atoms with Crippen LogP contribution in [0.15, 0.2) is 0 Å². The Kier molecular flexibility index (Phi) is 8.89. The van der Waals surface area contributed by atoms with Crippen LogP contribution in [0.5, 0.6) is 0 Å². The first-order chi connectivity index (χ1) is 13.4. The van der Waals surface area contributed by atoms with Crippen LogP contribution < -0.4 is 8.85 Å². The molecule has 0 fully saturated rings. The summed E-state index contributed by atoms with van der Waals surface area (Å²) in [5.41, 5.74) is -6.62. The number of hydrogen-bond acceptors (Lipinski definition) is 7. The van der Waals surface area contributed by atoms with Gasteiger partial charge in [0.2, 0.25) is 0 Å². The van der Waals surface area contributed by atoms with Gasteiger partial charge in [-0.3, -0.25) is 0 Å². The lowest BCUT2D eigenvalue weighted by molar-refractivity contribution is -0.244. The summed E-state index contributed by atoms with van der Waals surface area (Å²) < 4.78 is 185. The number of sulfonamides is 3. The lowest BCUT2D eigenvalue weighted by atomic mass is 10.3. The molecule has 21 heteroatoms. The van der Waals surface area contributed by atoms with E-state index in [1.165, 1.54) is 11.9 Å². The van der Waals surface area contributed by atoms with Gasteiger partial charge in [0.25, 0.3) is 20.0 Å². The number of likely N-dealkylation sites (N-methyl/N-ethyl adjacent to an activating group) is 1. The zero-order valence-corrected chi connectivity index (χ0v) is 17.8. The number of nitrogens with zero attached hydrogens (tertiary/aromatic N) is 1. The zero-order valence-electron chi connectivity index (χ0n) is 15.4. The van der Waals surface area contributed by atoms with E-state index in [0.29, 0.717) is 6.42 Å². The van der Waals surface area contributed by atoms with Crippen molar-refractivity contribution in [2.45, 2.75) is 35.3 Å². The lowest BCUT2D eigenvalue weighted by Crippen LogP contribution is -2.65. The summed E-state index contributed by atoms with van der Waals surface area (Å²) >= 11 is 0. The molecule has 0 heterocycles. The number of nitrogens with one attached hydrogen (secondary N) is 2. The van der Waals surface area contributed by atoms with E-state index < -0.39 is 62.7 Å². The Morgan fingerprint density at radius 3 is 1.52 bits per heavy atom. The van der Waals surface area contributed by atoms with E-state index in [-0.39, 0.29) is 13.1 Å². The average molecular weight is 541 g/mol. The highest BCUT2D eigenvalue weighted by atomic mass is 32.3. The maximum Gasteiger partial charge on any atom is 0.512 e. The average Bonchev–Trinajstić information content (AvgIpc) is 2.52. The summed E-state index contributed by atoms with van der Waals surface area (Å²) in [6.07, 6.45) is 0.495. The molecule has 0 aromatic rings. The van der Waals surface area contributed by atoms with Crippen molar-refractivity contribution in [2.24, 2.45) is 0 Å². The van der Waals surface area contributed by atoms with Crippen molar-refractivity contribution in [3.05, 3.63) is 0 Å². The second-order valence-corrected chi connectivity index (χ2v) is 11.3. The standard InChI is InChI=1S/C10H16F9N3O6S3/c1-3-5-22(2)6-4-20-29(23,24)8(13,14)7(11,12)9(15,16)30(25,26)21-31(27,28)10(17,18)19/h20-21H,3-6H2,1-2H3. The van der Waals surface area contributed by atoms with Crippen LogP contribution in [0, 0.1) is 0 Å². The Morgan fingerprint density at radius 1 is 0.710 bits per heavy atom. The minimum Gasteiger partial charge on any atom is -0.305 e. The number of rotatable bonds is 12. The second-order valence-electron chi connectivity index (χ2n) is 5.84. The first-order valence-corrected chi connectivity index (χ1v) is 12.0. The Morgan fingerprint density at radius 2 is 1.13 bits per heavy atom. The molecule has 31 heavy (non-hydrogen) atoms. The van der Waals surface area contributed by atoms with Gasteiger partial charge in [0, 0.05) is 13.1 Å². The Balaban J connectivity index is 6.02. The smallest absolute Gasteiger partial charge is 0.305 e. The highest BCUT2D eigenvalue weighted by Gasteiger charge is 2.82. The molecule has 0 aliphatic carbocycles. The van der Waals surface area contributed by atoms with E-state index in [9.17, 15) is 64.8 Å². The molecule has 0 spiro atoms. The molecular weight excluding hydrogens is 525 g/mol. The van der Waals surface area contributed by atoms with Gasteiger partial charge < -0.3 is 4.90 Å². The third-order valence-corrected chi connectivity index (χ3v) is 8.13. The molecule has 0 aliphatic heterocycles. The van der Waals surface area contributed by atoms with Gasteiger partial charge in [-0.1, -0.05) is 11.1 Å². The molecule has 0 atom stereocenters. The minimum absolute atomic E-state index is 0.282. The summed E-state index contributed by atoms with van der Waals surface area (Å²) in [7, 11) is -20.4. The molecule has 0 rings (SSSR count). The van der Waals surface area contributed by atoms with E-state index in [1.54, 1.807) is 6.92 Å². The van der Waals surface area contributed by atoms with E-state index in [2.05, 4.69) is 0 Å². The van der Waals surface area contributed by atoms with Crippen molar-refractivity contribution < 1.29 is 64.8 Å². The maximum atomic E-state index is 13.8. The molecule has 0 radical (unpaired) electrons. The Labute approximate surface area is 171 Å². The maximum absolute atomic E-state index is 13.8. The molecule has 0 unspecified atom stereocenters. The van der Waals surface area contributed by atoms with Crippen LogP contribution in [0.3, 0.4) is 0 Å². The monoisotopic (exact) mass is 541 g/mol.